The average Bonchev–Trinajstić information content (AvgIpc) is 2.45. The van der Waals surface area contributed by atoms with Gasteiger partial charge in [0.15, 0.2) is 11.6 Å². The minimum Gasteiger partial charge on any atom is -0.486 e. The first-order chi connectivity index (χ1) is 10.3. The van der Waals surface area contributed by atoms with Gasteiger partial charge in [0, 0.05) is 0 Å². The van der Waals surface area contributed by atoms with Crippen LogP contribution in [0.3, 0.4) is 0 Å². The number of hydrogen-bond donors (Lipinski definition) is 1. The molecule has 7 heteroatoms. The summed E-state index contributed by atoms with van der Waals surface area (Å²) in [4.78, 5) is 10.8. The highest BCUT2D eigenvalue weighted by Crippen LogP contribution is 2.32. The average molecular weight is 314 g/mol. The monoisotopic (exact) mass is 314 g/mol. The normalized spacial score (nSPS) is 11.3. The summed E-state index contributed by atoms with van der Waals surface area (Å²) in [5.74, 6) is -2.60. The van der Waals surface area contributed by atoms with E-state index in [0.29, 0.717) is 17.7 Å². The third kappa shape index (κ3) is 3.75. The second-order valence-electron chi connectivity index (χ2n) is 4.44. The van der Waals surface area contributed by atoms with Crippen LogP contribution in [0.4, 0.5) is 17.6 Å². The molecule has 22 heavy (non-hydrogen) atoms. The van der Waals surface area contributed by atoms with Crippen molar-refractivity contribution in [3.05, 3.63) is 65.0 Å². The number of carboxylic acids is 1. The number of rotatable bonds is 4. The predicted octanol–water partition coefficient (Wildman–Crippen LogP) is 4.12. The molecule has 0 aliphatic heterocycles. The van der Waals surface area contributed by atoms with Crippen molar-refractivity contribution in [3.8, 4) is 5.75 Å². The number of halogens is 4. The van der Waals surface area contributed by atoms with Crippen LogP contribution in [0.5, 0.6) is 5.75 Å². The topological polar surface area (TPSA) is 46.5 Å². The molecular formula is C15H10F4O3. The summed E-state index contributed by atoms with van der Waals surface area (Å²) < 4.78 is 55.9. The fourth-order valence-electron chi connectivity index (χ4n) is 1.75. The second-order valence-corrected chi connectivity index (χ2v) is 4.44. The second kappa shape index (κ2) is 6.05. The van der Waals surface area contributed by atoms with Crippen LogP contribution < -0.4 is 4.74 Å². The van der Waals surface area contributed by atoms with Crippen molar-refractivity contribution in [2.45, 2.75) is 12.8 Å². The Bertz CT molecular complexity index is 695. The van der Waals surface area contributed by atoms with Gasteiger partial charge in [0.05, 0.1) is 11.1 Å². The largest absolute Gasteiger partial charge is 0.486 e. The van der Waals surface area contributed by atoms with Gasteiger partial charge in [-0.2, -0.15) is 13.2 Å². The number of carbonyl (C=O) groups is 1. The summed E-state index contributed by atoms with van der Waals surface area (Å²) in [6, 6.07) is 7.73. The molecule has 0 amide bonds. The number of carboxylic acid groups (broad SMARTS) is 1. The highest BCUT2D eigenvalue weighted by atomic mass is 19.4. The molecule has 3 nitrogen and oxygen atoms in total. The Morgan fingerprint density at radius 1 is 1.14 bits per heavy atom. The van der Waals surface area contributed by atoms with Crippen LogP contribution in [0.1, 0.15) is 21.5 Å². The Kier molecular flexibility index (Phi) is 4.35. The SMILES string of the molecule is O=C(O)c1cccc(COc2ccc(C(F)(F)F)cc2F)c1. The Balaban J connectivity index is 2.12. The van der Waals surface area contributed by atoms with Crippen LogP contribution in [0.25, 0.3) is 0 Å². The van der Waals surface area contributed by atoms with Crippen LogP contribution in [0.2, 0.25) is 0 Å². The quantitative estimate of drug-likeness (QED) is 0.864. The minimum atomic E-state index is -4.63. The summed E-state index contributed by atoms with van der Waals surface area (Å²) in [6.07, 6.45) is -4.63. The molecule has 2 aromatic carbocycles. The zero-order valence-corrected chi connectivity index (χ0v) is 11.0. The minimum absolute atomic E-state index is 0.0361. The lowest BCUT2D eigenvalue weighted by Crippen LogP contribution is -2.06. The molecule has 0 aromatic heterocycles. The first-order valence-corrected chi connectivity index (χ1v) is 6.09. The van der Waals surface area contributed by atoms with Gasteiger partial charge in [-0.15, -0.1) is 0 Å². The van der Waals surface area contributed by atoms with E-state index in [2.05, 4.69) is 0 Å². The van der Waals surface area contributed by atoms with Gasteiger partial charge in [-0.05, 0) is 35.9 Å². The molecule has 0 aliphatic rings. The molecule has 0 spiro atoms. The van der Waals surface area contributed by atoms with Crippen LogP contribution in [-0.4, -0.2) is 11.1 Å². The van der Waals surface area contributed by atoms with E-state index >= 15 is 0 Å². The molecule has 2 rings (SSSR count). The lowest BCUT2D eigenvalue weighted by Gasteiger charge is -2.11. The van der Waals surface area contributed by atoms with Crippen LogP contribution in [0.15, 0.2) is 42.5 Å². The Hall–Kier alpha value is -2.57. The van der Waals surface area contributed by atoms with Gasteiger partial charge in [0.25, 0.3) is 0 Å². The van der Waals surface area contributed by atoms with Crippen molar-refractivity contribution < 1.29 is 32.2 Å². The summed E-state index contributed by atoms with van der Waals surface area (Å²) in [5.41, 5.74) is -0.613. The molecular weight excluding hydrogens is 304 g/mol. The van der Waals surface area contributed by atoms with E-state index in [4.69, 9.17) is 9.84 Å². The third-order valence-electron chi connectivity index (χ3n) is 2.83. The number of ether oxygens (including phenoxy) is 1. The summed E-state index contributed by atoms with van der Waals surface area (Å²) in [5, 5.41) is 8.84. The van der Waals surface area contributed by atoms with Gasteiger partial charge in [-0.3, -0.25) is 0 Å². The zero-order chi connectivity index (χ0) is 16.3. The van der Waals surface area contributed by atoms with Gasteiger partial charge < -0.3 is 9.84 Å². The predicted molar refractivity (Wildman–Crippen MR) is 69.1 cm³/mol. The lowest BCUT2D eigenvalue weighted by molar-refractivity contribution is -0.137. The number of hydrogen-bond acceptors (Lipinski definition) is 2. The third-order valence-corrected chi connectivity index (χ3v) is 2.83. The molecule has 0 aliphatic carbocycles. The molecule has 0 fully saturated rings. The first kappa shape index (κ1) is 15.8. The van der Waals surface area contributed by atoms with Crippen molar-refractivity contribution in [2.75, 3.05) is 0 Å². The maximum atomic E-state index is 13.6. The lowest BCUT2D eigenvalue weighted by atomic mass is 10.1. The van der Waals surface area contributed by atoms with E-state index in [1.807, 2.05) is 0 Å². The van der Waals surface area contributed by atoms with Crippen LogP contribution >= 0.6 is 0 Å². The molecule has 0 heterocycles. The highest BCUT2D eigenvalue weighted by Gasteiger charge is 2.31. The molecule has 0 bridgehead atoms. The fourth-order valence-corrected chi connectivity index (χ4v) is 1.75. The van der Waals surface area contributed by atoms with Gasteiger partial charge >= 0.3 is 12.1 Å². The number of alkyl halides is 3. The summed E-state index contributed by atoms with van der Waals surface area (Å²) >= 11 is 0. The summed E-state index contributed by atoms with van der Waals surface area (Å²) in [6.45, 7) is -0.163. The molecule has 2 aromatic rings. The molecule has 0 unspecified atom stereocenters. The molecule has 0 saturated carbocycles. The van der Waals surface area contributed by atoms with Crippen molar-refractivity contribution in [2.24, 2.45) is 0 Å². The van der Waals surface area contributed by atoms with E-state index in [1.165, 1.54) is 18.2 Å². The maximum absolute atomic E-state index is 13.6. The van der Waals surface area contributed by atoms with Crippen molar-refractivity contribution in [1.29, 1.82) is 0 Å². The molecule has 0 saturated heterocycles. The molecule has 1 N–H and O–H groups in total. The van der Waals surface area contributed by atoms with Crippen molar-refractivity contribution in [3.63, 3.8) is 0 Å². The van der Waals surface area contributed by atoms with E-state index in [-0.39, 0.29) is 17.9 Å². The van der Waals surface area contributed by atoms with E-state index in [1.54, 1.807) is 6.07 Å². The molecule has 0 radical (unpaired) electrons. The molecule has 116 valence electrons. The van der Waals surface area contributed by atoms with Crippen molar-refractivity contribution >= 4 is 5.97 Å². The Morgan fingerprint density at radius 2 is 1.86 bits per heavy atom. The van der Waals surface area contributed by atoms with Gasteiger partial charge in [0.2, 0.25) is 0 Å². The number of benzene rings is 2. The number of aromatic carboxylic acids is 1. The van der Waals surface area contributed by atoms with Gasteiger partial charge in [-0.25, -0.2) is 9.18 Å². The smallest absolute Gasteiger partial charge is 0.416 e. The van der Waals surface area contributed by atoms with Crippen LogP contribution in [-0.2, 0) is 12.8 Å². The Labute approximate surface area is 122 Å². The highest BCUT2D eigenvalue weighted by molar-refractivity contribution is 5.87. The van der Waals surface area contributed by atoms with Crippen molar-refractivity contribution in [1.82, 2.24) is 0 Å². The van der Waals surface area contributed by atoms with Crippen LogP contribution in [0, 0.1) is 5.82 Å². The Morgan fingerprint density at radius 3 is 2.45 bits per heavy atom. The fraction of sp³-hybridized carbons (Fsp3) is 0.133. The van der Waals surface area contributed by atoms with E-state index < -0.39 is 23.5 Å². The van der Waals surface area contributed by atoms with Gasteiger partial charge in [-0.1, -0.05) is 12.1 Å². The first-order valence-electron chi connectivity index (χ1n) is 6.09. The van der Waals surface area contributed by atoms with Gasteiger partial charge in [0.1, 0.15) is 6.61 Å². The maximum Gasteiger partial charge on any atom is 0.416 e. The van der Waals surface area contributed by atoms with E-state index in [0.717, 1.165) is 6.07 Å². The zero-order valence-electron chi connectivity index (χ0n) is 11.0. The summed E-state index contributed by atoms with van der Waals surface area (Å²) in [7, 11) is 0. The van der Waals surface area contributed by atoms with E-state index in [9.17, 15) is 22.4 Å². The standard InChI is InChI=1S/C15H10F4O3/c16-12-7-11(15(17,18)19)4-5-13(12)22-8-9-2-1-3-10(6-9)14(20)21/h1-7H,8H2,(H,20,21). The molecule has 0 atom stereocenters.